The Kier molecular flexibility index (Phi) is 4.13. The van der Waals surface area contributed by atoms with Crippen molar-refractivity contribution in [1.29, 1.82) is 0 Å². The van der Waals surface area contributed by atoms with E-state index in [-0.39, 0.29) is 16.8 Å². The number of hydrogen-bond donors (Lipinski definition) is 2. The zero-order valence-electron chi connectivity index (χ0n) is 12.9. The fourth-order valence-electron chi connectivity index (χ4n) is 1.97. The average Bonchev–Trinajstić information content (AvgIpc) is 3.09. The molecular weight excluding hydrogens is 288 g/mol. The van der Waals surface area contributed by atoms with Crippen LogP contribution >= 0.6 is 0 Å². The van der Waals surface area contributed by atoms with Gasteiger partial charge in [-0.3, -0.25) is 4.79 Å². The first-order chi connectivity index (χ1) is 9.58. The second-order valence-electron chi connectivity index (χ2n) is 6.58. The molecule has 1 aromatic carbocycles. The second-order valence-corrected chi connectivity index (χ2v) is 8.26. The number of aryl methyl sites for hydroxylation is 1. The summed E-state index contributed by atoms with van der Waals surface area (Å²) in [7, 11) is -3.63. The lowest BCUT2D eigenvalue weighted by molar-refractivity contribution is 0.0950. The Morgan fingerprint density at radius 1 is 1.24 bits per heavy atom. The van der Waals surface area contributed by atoms with E-state index in [1.807, 2.05) is 0 Å². The summed E-state index contributed by atoms with van der Waals surface area (Å²) < 4.78 is 27.2. The minimum absolute atomic E-state index is 0.115. The highest BCUT2D eigenvalue weighted by Gasteiger charge is 2.26. The summed E-state index contributed by atoms with van der Waals surface area (Å²) in [4.78, 5) is 12.3. The summed E-state index contributed by atoms with van der Waals surface area (Å²) in [5.41, 5.74) is 0.613. The molecular formula is C15H22N2O3S. The molecule has 0 aromatic heterocycles. The first-order valence-corrected chi connectivity index (χ1v) is 8.52. The Morgan fingerprint density at radius 2 is 1.86 bits per heavy atom. The number of hydrogen-bond acceptors (Lipinski definition) is 3. The van der Waals surface area contributed by atoms with E-state index in [1.54, 1.807) is 33.8 Å². The molecule has 0 aliphatic heterocycles. The maximum Gasteiger partial charge on any atom is 0.251 e. The molecule has 0 atom stereocenters. The summed E-state index contributed by atoms with van der Waals surface area (Å²) in [5, 5.41) is 2.88. The first kappa shape index (κ1) is 16.0. The monoisotopic (exact) mass is 310 g/mol. The molecule has 21 heavy (non-hydrogen) atoms. The molecule has 0 unspecified atom stereocenters. The predicted molar refractivity (Wildman–Crippen MR) is 81.7 cm³/mol. The Morgan fingerprint density at radius 3 is 2.38 bits per heavy atom. The van der Waals surface area contributed by atoms with E-state index >= 15 is 0 Å². The Bertz CT molecular complexity index is 656. The predicted octanol–water partition coefficient (Wildman–Crippen LogP) is 1.96. The van der Waals surface area contributed by atoms with Crippen LogP contribution in [0.25, 0.3) is 0 Å². The Balaban J connectivity index is 2.31. The summed E-state index contributed by atoms with van der Waals surface area (Å²) in [6, 6.07) is 4.88. The number of amides is 1. The van der Waals surface area contributed by atoms with Crippen LogP contribution in [0.5, 0.6) is 0 Å². The van der Waals surface area contributed by atoms with Gasteiger partial charge in [0.25, 0.3) is 5.91 Å². The molecule has 2 N–H and O–H groups in total. The van der Waals surface area contributed by atoms with Crippen LogP contribution in [-0.4, -0.2) is 25.9 Å². The van der Waals surface area contributed by atoms with Gasteiger partial charge >= 0.3 is 0 Å². The van der Waals surface area contributed by atoms with E-state index in [0.29, 0.717) is 5.56 Å². The van der Waals surface area contributed by atoms with Gasteiger partial charge in [-0.2, -0.15) is 0 Å². The van der Waals surface area contributed by atoms with Crippen molar-refractivity contribution >= 4 is 15.9 Å². The maximum atomic E-state index is 12.3. The number of sulfonamides is 1. The molecule has 0 heterocycles. The molecule has 2 rings (SSSR count). The molecule has 5 nitrogen and oxygen atoms in total. The van der Waals surface area contributed by atoms with Crippen LogP contribution < -0.4 is 10.0 Å². The molecule has 1 aliphatic rings. The molecule has 1 aromatic rings. The van der Waals surface area contributed by atoms with Gasteiger partial charge in [0.15, 0.2) is 0 Å². The van der Waals surface area contributed by atoms with E-state index in [9.17, 15) is 13.2 Å². The molecule has 1 amide bonds. The zero-order valence-corrected chi connectivity index (χ0v) is 13.7. The standard InChI is InChI=1S/C15H22N2O3S/c1-10-5-8-12(21(19,20)17-15(2,3)4)9-13(10)14(18)16-11-6-7-11/h5,8-9,11,17H,6-7H2,1-4H3,(H,16,18). The third-order valence-corrected chi connectivity index (χ3v) is 4.87. The number of benzene rings is 1. The number of nitrogens with one attached hydrogen (secondary N) is 2. The first-order valence-electron chi connectivity index (χ1n) is 7.04. The fraction of sp³-hybridized carbons (Fsp3) is 0.533. The molecule has 0 bridgehead atoms. The number of carbonyl (C=O) groups is 1. The third-order valence-electron chi connectivity index (χ3n) is 3.12. The van der Waals surface area contributed by atoms with Gasteiger partial charge in [-0.25, -0.2) is 13.1 Å². The van der Waals surface area contributed by atoms with Gasteiger partial charge < -0.3 is 5.32 Å². The molecule has 0 saturated heterocycles. The van der Waals surface area contributed by atoms with Gasteiger partial charge in [0, 0.05) is 17.1 Å². The lowest BCUT2D eigenvalue weighted by Gasteiger charge is -2.20. The lowest BCUT2D eigenvalue weighted by atomic mass is 10.1. The molecule has 0 radical (unpaired) electrons. The van der Waals surface area contributed by atoms with Gasteiger partial charge in [-0.15, -0.1) is 0 Å². The van der Waals surface area contributed by atoms with E-state index in [2.05, 4.69) is 10.0 Å². The van der Waals surface area contributed by atoms with Crippen molar-refractivity contribution in [1.82, 2.24) is 10.0 Å². The van der Waals surface area contributed by atoms with Crippen LogP contribution in [0.1, 0.15) is 49.5 Å². The van der Waals surface area contributed by atoms with Gasteiger partial charge in [-0.1, -0.05) is 6.07 Å². The number of rotatable bonds is 4. The van der Waals surface area contributed by atoms with Crippen molar-refractivity contribution in [2.45, 2.75) is 57.0 Å². The van der Waals surface area contributed by atoms with Crippen LogP contribution in [0.2, 0.25) is 0 Å². The summed E-state index contributed by atoms with van der Waals surface area (Å²) in [5.74, 6) is -0.206. The van der Waals surface area contributed by atoms with Gasteiger partial charge in [0.1, 0.15) is 0 Å². The van der Waals surface area contributed by atoms with Crippen LogP contribution in [0, 0.1) is 6.92 Å². The summed E-state index contributed by atoms with van der Waals surface area (Å²) >= 11 is 0. The van der Waals surface area contributed by atoms with Gasteiger partial charge in [-0.05, 0) is 58.2 Å². The molecule has 6 heteroatoms. The SMILES string of the molecule is Cc1ccc(S(=O)(=O)NC(C)(C)C)cc1C(=O)NC1CC1. The van der Waals surface area contributed by atoms with Crippen molar-refractivity contribution in [2.24, 2.45) is 0 Å². The summed E-state index contributed by atoms with van der Waals surface area (Å²) in [6.07, 6.45) is 1.99. The highest BCUT2D eigenvalue weighted by molar-refractivity contribution is 7.89. The van der Waals surface area contributed by atoms with Crippen LogP contribution in [-0.2, 0) is 10.0 Å². The lowest BCUT2D eigenvalue weighted by Crippen LogP contribution is -2.40. The second kappa shape index (κ2) is 5.42. The molecule has 1 saturated carbocycles. The van der Waals surface area contributed by atoms with Gasteiger partial charge in [0.05, 0.1) is 4.90 Å². The van der Waals surface area contributed by atoms with Crippen LogP contribution in [0.3, 0.4) is 0 Å². The smallest absolute Gasteiger partial charge is 0.251 e. The van der Waals surface area contributed by atoms with E-state index < -0.39 is 15.6 Å². The van der Waals surface area contributed by atoms with Gasteiger partial charge in [0.2, 0.25) is 10.0 Å². The van der Waals surface area contributed by atoms with Crippen molar-refractivity contribution < 1.29 is 13.2 Å². The topological polar surface area (TPSA) is 75.3 Å². The van der Waals surface area contributed by atoms with E-state index in [0.717, 1.165) is 18.4 Å². The van der Waals surface area contributed by atoms with Crippen LogP contribution in [0.15, 0.2) is 23.1 Å². The van der Waals surface area contributed by atoms with E-state index in [1.165, 1.54) is 12.1 Å². The molecule has 1 aliphatic carbocycles. The summed E-state index contributed by atoms with van der Waals surface area (Å²) in [6.45, 7) is 7.13. The van der Waals surface area contributed by atoms with Crippen LogP contribution in [0.4, 0.5) is 0 Å². The number of carbonyl (C=O) groups excluding carboxylic acids is 1. The minimum atomic E-state index is -3.63. The highest BCUT2D eigenvalue weighted by Crippen LogP contribution is 2.21. The van der Waals surface area contributed by atoms with E-state index in [4.69, 9.17) is 0 Å². The normalized spacial score (nSPS) is 15.8. The molecule has 0 spiro atoms. The Labute approximate surface area is 126 Å². The average molecular weight is 310 g/mol. The Hall–Kier alpha value is -1.40. The van der Waals surface area contributed by atoms with Crippen molar-refractivity contribution in [3.05, 3.63) is 29.3 Å². The third kappa shape index (κ3) is 4.28. The quantitative estimate of drug-likeness (QED) is 0.892. The largest absolute Gasteiger partial charge is 0.349 e. The fourth-order valence-corrected chi connectivity index (χ4v) is 3.41. The molecule has 116 valence electrons. The highest BCUT2D eigenvalue weighted by atomic mass is 32.2. The molecule has 1 fully saturated rings. The van der Waals surface area contributed by atoms with Crippen molar-refractivity contribution in [3.8, 4) is 0 Å². The zero-order chi connectivity index (χ0) is 15.8. The van der Waals surface area contributed by atoms with Crippen molar-refractivity contribution in [2.75, 3.05) is 0 Å². The van der Waals surface area contributed by atoms with Crippen molar-refractivity contribution in [3.63, 3.8) is 0 Å². The maximum absolute atomic E-state index is 12.3. The minimum Gasteiger partial charge on any atom is -0.349 e.